The maximum Gasteiger partial charge on any atom is 0.164 e. The van der Waals surface area contributed by atoms with Crippen molar-refractivity contribution in [2.45, 2.75) is 26.5 Å². The van der Waals surface area contributed by atoms with E-state index in [2.05, 4.69) is 15.0 Å². The summed E-state index contributed by atoms with van der Waals surface area (Å²) >= 11 is 5.93. The Morgan fingerprint density at radius 3 is 2.73 bits per heavy atom. The fraction of sp³-hybridized carbons (Fsp3) is 0.615. The van der Waals surface area contributed by atoms with Gasteiger partial charge in [0.2, 0.25) is 0 Å². The van der Waals surface area contributed by atoms with Gasteiger partial charge in [0, 0.05) is 12.3 Å². The fourth-order valence-electron chi connectivity index (χ4n) is 2.00. The summed E-state index contributed by atoms with van der Waals surface area (Å²) < 4.78 is 32.7. The van der Waals surface area contributed by atoms with E-state index in [-0.39, 0.29) is 18.0 Å². The first kappa shape index (κ1) is 17.3. The number of nitrogens with zero attached hydrogens (tertiary/aromatic N) is 4. The minimum atomic E-state index is -2.35. The molecule has 0 radical (unpaired) electrons. The van der Waals surface area contributed by atoms with E-state index in [9.17, 15) is 8.96 Å². The summed E-state index contributed by atoms with van der Waals surface area (Å²) in [6, 6.07) is 0. The van der Waals surface area contributed by atoms with E-state index in [1.54, 1.807) is 4.57 Å². The van der Waals surface area contributed by atoms with Crippen molar-refractivity contribution in [2.75, 3.05) is 25.3 Å². The van der Waals surface area contributed by atoms with Crippen molar-refractivity contribution in [2.24, 2.45) is 0 Å². The summed E-state index contributed by atoms with van der Waals surface area (Å²) in [5.74, 6) is 0. The van der Waals surface area contributed by atoms with Gasteiger partial charge in [-0.3, -0.25) is 0 Å². The van der Waals surface area contributed by atoms with Crippen LogP contribution in [0.3, 0.4) is 0 Å². The van der Waals surface area contributed by atoms with Crippen molar-refractivity contribution in [3.8, 4) is 0 Å². The van der Waals surface area contributed by atoms with Gasteiger partial charge >= 0.3 is 0 Å². The SMILES string of the molecule is CCP(=O)(CC)CO[C@H](CF)Cn1cnc2c(Cl)ncnc21. The quantitative estimate of drug-likeness (QED) is 0.541. The van der Waals surface area contributed by atoms with Crippen LogP contribution in [0.25, 0.3) is 11.2 Å². The number of halogens is 2. The lowest BCUT2D eigenvalue weighted by atomic mass is 10.4. The van der Waals surface area contributed by atoms with Gasteiger partial charge in [-0.05, 0) is 0 Å². The number of rotatable bonds is 8. The highest BCUT2D eigenvalue weighted by molar-refractivity contribution is 7.63. The molecule has 2 aromatic rings. The van der Waals surface area contributed by atoms with Gasteiger partial charge in [0.15, 0.2) is 10.8 Å². The number of ether oxygens (including phenoxy) is 1. The Bertz CT molecular complexity index is 673. The number of alkyl halides is 1. The van der Waals surface area contributed by atoms with Crippen LogP contribution in [0.1, 0.15) is 13.8 Å². The molecule has 2 rings (SSSR count). The van der Waals surface area contributed by atoms with E-state index in [1.807, 2.05) is 13.8 Å². The molecule has 0 aliphatic heterocycles. The molecule has 0 N–H and O–H groups in total. The van der Waals surface area contributed by atoms with E-state index in [4.69, 9.17) is 16.3 Å². The molecule has 0 unspecified atom stereocenters. The van der Waals surface area contributed by atoms with Crippen LogP contribution < -0.4 is 0 Å². The number of hydrogen-bond donors (Lipinski definition) is 0. The minimum absolute atomic E-state index is 0.0942. The van der Waals surface area contributed by atoms with E-state index >= 15 is 0 Å². The first-order valence-corrected chi connectivity index (χ1v) is 9.73. The second-order valence-electron chi connectivity index (χ2n) is 5.00. The molecule has 9 heteroatoms. The van der Waals surface area contributed by atoms with Gasteiger partial charge in [-0.1, -0.05) is 25.4 Å². The molecule has 0 aliphatic carbocycles. The smallest absolute Gasteiger partial charge is 0.164 e. The summed E-state index contributed by atoms with van der Waals surface area (Å²) in [5.41, 5.74) is 0.991. The van der Waals surface area contributed by atoms with Gasteiger partial charge < -0.3 is 13.9 Å². The highest BCUT2D eigenvalue weighted by Gasteiger charge is 2.21. The Morgan fingerprint density at radius 1 is 1.36 bits per heavy atom. The number of fused-ring (bicyclic) bond motifs is 1. The number of hydrogen-bond acceptors (Lipinski definition) is 5. The Hall–Kier alpha value is -1.04. The normalized spacial score (nSPS) is 13.6. The van der Waals surface area contributed by atoms with Crippen LogP contribution in [0.5, 0.6) is 0 Å². The predicted molar refractivity (Wildman–Crippen MR) is 84.7 cm³/mol. The highest BCUT2D eigenvalue weighted by Crippen LogP contribution is 2.44. The second kappa shape index (κ2) is 7.49. The molecule has 0 bridgehead atoms. The molecule has 0 saturated carbocycles. The maximum atomic E-state index is 13.2. The molecule has 0 saturated heterocycles. The van der Waals surface area contributed by atoms with Crippen molar-refractivity contribution in [3.63, 3.8) is 0 Å². The van der Waals surface area contributed by atoms with E-state index in [0.717, 1.165) is 0 Å². The zero-order chi connectivity index (χ0) is 16.2. The minimum Gasteiger partial charge on any atom is -0.366 e. The first-order chi connectivity index (χ1) is 10.5. The third-order valence-electron chi connectivity index (χ3n) is 3.63. The largest absolute Gasteiger partial charge is 0.366 e. The molecule has 1 atom stereocenters. The second-order valence-corrected chi connectivity index (χ2v) is 8.99. The first-order valence-electron chi connectivity index (χ1n) is 7.09. The van der Waals surface area contributed by atoms with Crippen LogP contribution in [-0.2, 0) is 15.8 Å². The number of aromatic nitrogens is 4. The van der Waals surface area contributed by atoms with Gasteiger partial charge in [-0.15, -0.1) is 0 Å². The Morgan fingerprint density at radius 2 is 2.09 bits per heavy atom. The third-order valence-corrected chi connectivity index (χ3v) is 6.83. The Kier molecular flexibility index (Phi) is 5.89. The van der Waals surface area contributed by atoms with Crippen molar-refractivity contribution in [3.05, 3.63) is 17.8 Å². The summed E-state index contributed by atoms with van der Waals surface area (Å²) in [6.45, 7) is 3.28. The molecule has 2 heterocycles. The lowest BCUT2D eigenvalue weighted by molar-refractivity contribution is 0.0521. The fourth-order valence-corrected chi connectivity index (χ4v) is 3.47. The third kappa shape index (κ3) is 3.83. The molecule has 0 aliphatic rings. The lowest BCUT2D eigenvalue weighted by Gasteiger charge is -2.20. The topological polar surface area (TPSA) is 69.9 Å². The molecular weight excluding hydrogens is 330 g/mol. The Balaban J connectivity index is 2.09. The van der Waals surface area contributed by atoms with Crippen molar-refractivity contribution in [1.82, 2.24) is 19.5 Å². The van der Waals surface area contributed by atoms with Crippen molar-refractivity contribution < 1.29 is 13.7 Å². The summed E-state index contributed by atoms with van der Waals surface area (Å²) in [4.78, 5) is 12.1. The molecule has 122 valence electrons. The van der Waals surface area contributed by atoms with Crippen LogP contribution in [-0.4, -0.2) is 51.0 Å². The standard InChI is InChI=1S/C13H19ClFN4O2P/c1-3-22(20,4-2)9-21-10(5-15)6-19-8-18-11-12(14)16-7-17-13(11)19/h7-8,10H,3-6,9H2,1-2H3/t10-/m1/s1. The molecule has 0 amide bonds. The van der Waals surface area contributed by atoms with Crippen molar-refractivity contribution in [1.29, 1.82) is 0 Å². The van der Waals surface area contributed by atoms with Crippen LogP contribution in [0.15, 0.2) is 12.7 Å². The maximum absolute atomic E-state index is 13.2. The van der Waals surface area contributed by atoms with E-state index in [1.165, 1.54) is 12.7 Å². The average molecular weight is 349 g/mol. The van der Waals surface area contributed by atoms with Gasteiger partial charge in [0.25, 0.3) is 0 Å². The molecule has 0 spiro atoms. The monoisotopic (exact) mass is 348 g/mol. The van der Waals surface area contributed by atoms with Crippen LogP contribution in [0.4, 0.5) is 4.39 Å². The van der Waals surface area contributed by atoms with E-state index in [0.29, 0.717) is 23.5 Å². The predicted octanol–water partition coefficient (Wildman–Crippen LogP) is 3.19. The zero-order valence-corrected chi connectivity index (χ0v) is 14.2. The average Bonchev–Trinajstić information content (AvgIpc) is 2.95. The van der Waals surface area contributed by atoms with Crippen molar-refractivity contribution >= 4 is 29.9 Å². The van der Waals surface area contributed by atoms with Gasteiger partial charge in [-0.2, -0.15) is 0 Å². The number of imidazole rings is 1. The summed E-state index contributed by atoms with van der Waals surface area (Å²) in [5, 5.41) is 0.253. The molecule has 0 fully saturated rings. The Labute approximate surface area is 133 Å². The van der Waals surface area contributed by atoms with Gasteiger partial charge in [0.05, 0.1) is 12.9 Å². The van der Waals surface area contributed by atoms with E-state index < -0.39 is 19.9 Å². The van der Waals surface area contributed by atoms with Gasteiger partial charge in [0.1, 0.15) is 38.1 Å². The molecule has 2 aromatic heterocycles. The molecule has 0 aromatic carbocycles. The highest BCUT2D eigenvalue weighted by atomic mass is 35.5. The van der Waals surface area contributed by atoms with Crippen LogP contribution in [0, 0.1) is 0 Å². The molecule has 22 heavy (non-hydrogen) atoms. The van der Waals surface area contributed by atoms with Crippen LogP contribution >= 0.6 is 18.7 Å². The lowest BCUT2D eigenvalue weighted by Crippen LogP contribution is -2.23. The summed E-state index contributed by atoms with van der Waals surface area (Å²) in [7, 11) is -2.35. The van der Waals surface area contributed by atoms with Crippen LogP contribution in [0.2, 0.25) is 5.15 Å². The summed E-state index contributed by atoms with van der Waals surface area (Å²) in [6.07, 6.45) is 3.36. The molecule has 6 nitrogen and oxygen atoms in total. The molecular formula is C13H19ClFN4O2P. The van der Waals surface area contributed by atoms with Gasteiger partial charge in [-0.25, -0.2) is 19.3 Å². The zero-order valence-electron chi connectivity index (χ0n) is 12.6.